The van der Waals surface area contributed by atoms with Gasteiger partial charge in [-0.05, 0) is 37.2 Å². The van der Waals surface area contributed by atoms with Crippen LogP contribution in [0.3, 0.4) is 0 Å². The van der Waals surface area contributed by atoms with Crippen molar-refractivity contribution in [1.29, 1.82) is 0 Å². The fourth-order valence-electron chi connectivity index (χ4n) is 3.97. The van der Waals surface area contributed by atoms with Crippen LogP contribution < -0.4 is 10.2 Å². The van der Waals surface area contributed by atoms with Crippen LogP contribution in [0.15, 0.2) is 53.3 Å². The zero-order valence-electron chi connectivity index (χ0n) is 17.4. The minimum atomic E-state index is -0.548. The molecule has 4 aromatic rings. The number of anilines is 3. The molecule has 0 saturated carbocycles. The number of halogens is 2. The van der Waals surface area contributed by atoms with Crippen LogP contribution in [-0.4, -0.2) is 57.2 Å². The maximum atomic E-state index is 14.0. The van der Waals surface area contributed by atoms with Crippen LogP contribution in [0.2, 0.25) is 0 Å². The Morgan fingerprint density at radius 1 is 1.00 bits per heavy atom. The Kier molecular flexibility index (Phi) is 5.68. The number of nitrogens with one attached hydrogen (secondary N) is 1. The van der Waals surface area contributed by atoms with E-state index in [0.717, 1.165) is 63.2 Å². The molecule has 0 spiro atoms. The second-order valence-electron chi connectivity index (χ2n) is 7.72. The highest BCUT2D eigenvalue weighted by Crippen LogP contribution is 2.22. The van der Waals surface area contributed by atoms with Crippen molar-refractivity contribution < 1.29 is 13.2 Å². The van der Waals surface area contributed by atoms with Gasteiger partial charge in [0.15, 0.2) is 5.88 Å². The number of piperazine rings is 1. The maximum absolute atomic E-state index is 14.0. The van der Waals surface area contributed by atoms with Crippen molar-refractivity contribution in [3.8, 4) is 0 Å². The number of hydrogen-bond acceptors (Lipinski definition) is 7. The Bertz CT molecular complexity index is 1200. The van der Waals surface area contributed by atoms with E-state index in [1.807, 2.05) is 17.0 Å². The van der Waals surface area contributed by atoms with E-state index in [9.17, 15) is 8.78 Å². The zero-order valence-corrected chi connectivity index (χ0v) is 17.4. The summed E-state index contributed by atoms with van der Waals surface area (Å²) in [7, 11) is 0. The number of rotatable bonds is 7. The number of benzene rings is 1. The van der Waals surface area contributed by atoms with E-state index in [-0.39, 0.29) is 0 Å². The smallest absolute Gasteiger partial charge is 0.254 e. The summed E-state index contributed by atoms with van der Waals surface area (Å²) in [6.45, 7) is 4.07. The van der Waals surface area contributed by atoms with Crippen molar-refractivity contribution in [2.24, 2.45) is 0 Å². The van der Waals surface area contributed by atoms with E-state index in [1.54, 1.807) is 16.8 Å². The zero-order chi connectivity index (χ0) is 21.9. The molecule has 3 aromatic heterocycles. The average molecular weight is 439 g/mol. The summed E-state index contributed by atoms with van der Waals surface area (Å²) in [4.78, 5) is 12.5. The molecule has 32 heavy (non-hydrogen) atoms. The number of hydrogen-bond donors (Lipinski definition) is 1. The highest BCUT2D eigenvalue weighted by Gasteiger charge is 2.19. The second-order valence-corrected chi connectivity index (χ2v) is 7.72. The molecule has 4 heterocycles. The lowest BCUT2D eigenvalue weighted by Crippen LogP contribution is -2.47. The molecule has 10 heteroatoms. The number of aryl methyl sites for hydroxylation is 1. The van der Waals surface area contributed by atoms with Gasteiger partial charge in [-0.15, -0.1) is 0 Å². The Morgan fingerprint density at radius 3 is 2.72 bits per heavy atom. The van der Waals surface area contributed by atoms with Gasteiger partial charge in [0.1, 0.15) is 29.5 Å². The SMILES string of the molecule is Fc1ccc(N2CCN(CCCc3ccc(Nc4ccnc5ncnn45)o3)CC2)c(F)c1. The standard InChI is InChI=1S/C22H23F2N7O/c23-16-3-5-19(18(24)14-16)30-12-10-29(11-13-30)9-1-2-17-4-6-21(32-17)28-20-7-8-25-22-26-15-27-31(20)22/h3-8,14-15,28H,1-2,9-13H2. The van der Waals surface area contributed by atoms with Gasteiger partial charge in [0, 0.05) is 50.9 Å². The predicted molar refractivity (Wildman–Crippen MR) is 116 cm³/mol. The van der Waals surface area contributed by atoms with Gasteiger partial charge in [-0.1, -0.05) is 0 Å². The van der Waals surface area contributed by atoms with Crippen LogP contribution in [0.5, 0.6) is 0 Å². The monoisotopic (exact) mass is 439 g/mol. The van der Waals surface area contributed by atoms with Crippen LogP contribution in [0.25, 0.3) is 5.78 Å². The normalized spacial score (nSPS) is 14.9. The third-order valence-corrected chi connectivity index (χ3v) is 5.61. The first-order chi connectivity index (χ1) is 15.7. The molecule has 0 aliphatic carbocycles. The van der Waals surface area contributed by atoms with E-state index < -0.39 is 11.6 Å². The summed E-state index contributed by atoms with van der Waals surface area (Å²) < 4.78 is 34.6. The Labute approximate surface area is 183 Å². The van der Waals surface area contributed by atoms with Crippen LogP contribution in [-0.2, 0) is 6.42 Å². The van der Waals surface area contributed by atoms with Crippen molar-refractivity contribution >= 4 is 23.2 Å². The molecule has 8 nitrogen and oxygen atoms in total. The fraction of sp³-hybridized carbons (Fsp3) is 0.318. The van der Waals surface area contributed by atoms with E-state index >= 15 is 0 Å². The van der Waals surface area contributed by atoms with Crippen molar-refractivity contribution in [3.63, 3.8) is 0 Å². The number of fused-ring (bicyclic) bond motifs is 1. The average Bonchev–Trinajstić information content (AvgIpc) is 3.45. The van der Waals surface area contributed by atoms with Gasteiger partial charge in [-0.2, -0.15) is 14.6 Å². The van der Waals surface area contributed by atoms with Gasteiger partial charge in [0.25, 0.3) is 5.78 Å². The van der Waals surface area contributed by atoms with E-state index in [2.05, 4.69) is 25.3 Å². The van der Waals surface area contributed by atoms with Crippen LogP contribution in [0, 0.1) is 11.6 Å². The summed E-state index contributed by atoms with van der Waals surface area (Å²) in [5, 5.41) is 7.35. The molecule has 1 N–H and O–H groups in total. The number of aromatic nitrogens is 4. The second kappa shape index (κ2) is 8.91. The molecule has 1 fully saturated rings. The van der Waals surface area contributed by atoms with Gasteiger partial charge in [-0.25, -0.2) is 13.8 Å². The van der Waals surface area contributed by atoms with Gasteiger partial charge >= 0.3 is 0 Å². The predicted octanol–water partition coefficient (Wildman–Crippen LogP) is 3.49. The fourth-order valence-corrected chi connectivity index (χ4v) is 3.97. The molecule has 1 aliphatic heterocycles. The lowest BCUT2D eigenvalue weighted by Gasteiger charge is -2.36. The van der Waals surface area contributed by atoms with Crippen molar-refractivity contribution in [3.05, 3.63) is 66.3 Å². The number of nitrogens with zero attached hydrogens (tertiary/aromatic N) is 6. The lowest BCUT2D eigenvalue weighted by molar-refractivity contribution is 0.252. The molecule has 0 bridgehead atoms. The molecule has 166 valence electrons. The largest absolute Gasteiger partial charge is 0.445 e. The quantitative estimate of drug-likeness (QED) is 0.472. The first-order valence-corrected chi connectivity index (χ1v) is 10.6. The van der Waals surface area contributed by atoms with E-state index in [1.165, 1.54) is 18.5 Å². The highest BCUT2D eigenvalue weighted by atomic mass is 19.1. The highest BCUT2D eigenvalue weighted by molar-refractivity contribution is 5.53. The Balaban J connectivity index is 1.09. The third-order valence-electron chi connectivity index (χ3n) is 5.61. The Morgan fingerprint density at radius 2 is 1.88 bits per heavy atom. The first kappa shape index (κ1) is 20.4. The van der Waals surface area contributed by atoms with Crippen molar-refractivity contribution in [2.75, 3.05) is 42.9 Å². The molecule has 1 saturated heterocycles. The summed E-state index contributed by atoms with van der Waals surface area (Å²) in [6, 6.07) is 9.44. The molecule has 1 aliphatic rings. The van der Waals surface area contributed by atoms with E-state index in [0.29, 0.717) is 17.3 Å². The summed E-state index contributed by atoms with van der Waals surface area (Å²) in [5.41, 5.74) is 0.471. The maximum Gasteiger partial charge on any atom is 0.254 e. The van der Waals surface area contributed by atoms with Gasteiger partial charge in [-0.3, -0.25) is 4.90 Å². The molecule has 0 unspecified atom stereocenters. The minimum absolute atomic E-state index is 0.471. The molecule has 5 rings (SSSR count). The Hall–Kier alpha value is -3.53. The third kappa shape index (κ3) is 4.40. The number of furan rings is 1. The minimum Gasteiger partial charge on any atom is -0.445 e. The molecular weight excluding hydrogens is 416 g/mol. The van der Waals surface area contributed by atoms with Gasteiger partial charge in [0.05, 0.1) is 5.69 Å². The summed E-state index contributed by atoms with van der Waals surface area (Å²) in [5.74, 6) is 1.74. The van der Waals surface area contributed by atoms with Crippen molar-refractivity contribution in [1.82, 2.24) is 24.5 Å². The molecular formula is C22H23F2N7O. The van der Waals surface area contributed by atoms with Crippen LogP contribution in [0.1, 0.15) is 12.2 Å². The van der Waals surface area contributed by atoms with E-state index in [4.69, 9.17) is 4.42 Å². The molecule has 0 radical (unpaired) electrons. The summed E-state index contributed by atoms with van der Waals surface area (Å²) in [6.07, 6.45) is 4.90. The molecule has 0 atom stereocenters. The van der Waals surface area contributed by atoms with Gasteiger partial charge < -0.3 is 14.6 Å². The first-order valence-electron chi connectivity index (χ1n) is 10.6. The van der Waals surface area contributed by atoms with Gasteiger partial charge in [0.2, 0.25) is 0 Å². The van der Waals surface area contributed by atoms with Crippen LogP contribution >= 0.6 is 0 Å². The topological polar surface area (TPSA) is 74.7 Å². The molecule has 1 aromatic carbocycles. The van der Waals surface area contributed by atoms with Crippen molar-refractivity contribution in [2.45, 2.75) is 12.8 Å². The van der Waals surface area contributed by atoms with Crippen LogP contribution in [0.4, 0.5) is 26.2 Å². The summed E-state index contributed by atoms with van der Waals surface area (Å²) >= 11 is 0. The molecule has 0 amide bonds. The lowest BCUT2D eigenvalue weighted by atomic mass is 10.2.